The maximum Gasteiger partial charge on any atom is 0.160 e. The van der Waals surface area contributed by atoms with Crippen LogP contribution in [0.25, 0.3) is 100.0 Å². The molecule has 0 aliphatic rings. The average molecular weight is 677 g/mol. The molecule has 0 unspecified atom stereocenters. The van der Waals surface area contributed by atoms with Crippen molar-refractivity contribution in [3.63, 3.8) is 0 Å². The molecule has 2 heterocycles. The Morgan fingerprint density at radius 3 is 1.68 bits per heavy atom. The monoisotopic (exact) mass is 676 g/mol. The van der Waals surface area contributed by atoms with Gasteiger partial charge in [0.05, 0.1) is 11.4 Å². The lowest BCUT2D eigenvalue weighted by Gasteiger charge is -2.14. The van der Waals surface area contributed by atoms with Gasteiger partial charge in [-0.05, 0) is 75.0 Å². The number of rotatable bonds is 6. The minimum absolute atomic E-state index is 0.682. The van der Waals surface area contributed by atoms with Gasteiger partial charge in [0.15, 0.2) is 5.82 Å². The van der Waals surface area contributed by atoms with Crippen molar-refractivity contribution >= 4 is 32.7 Å². The molecule has 0 aliphatic heterocycles. The third-order valence-electron chi connectivity index (χ3n) is 10.1. The first-order valence-corrected chi connectivity index (χ1v) is 17.9. The van der Waals surface area contributed by atoms with Crippen LogP contribution in [0, 0.1) is 0 Å². The zero-order valence-corrected chi connectivity index (χ0v) is 28.8. The molecule has 10 aromatic rings. The largest absolute Gasteiger partial charge is 0.455 e. The van der Waals surface area contributed by atoms with Gasteiger partial charge < -0.3 is 4.42 Å². The summed E-state index contributed by atoms with van der Waals surface area (Å²) in [5.74, 6) is 0.682. The number of hydrogen-bond acceptors (Lipinski definition) is 3. The van der Waals surface area contributed by atoms with Gasteiger partial charge in [0.2, 0.25) is 0 Å². The van der Waals surface area contributed by atoms with Crippen molar-refractivity contribution in [3.05, 3.63) is 194 Å². The number of nitrogens with zero attached hydrogens (tertiary/aromatic N) is 2. The summed E-state index contributed by atoms with van der Waals surface area (Å²) in [5.41, 5.74) is 13.2. The van der Waals surface area contributed by atoms with Gasteiger partial charge in [-0.25, -0.2) is 9.97 Å². The summed E-state index contributed by atoms with van der Waals surface area (Å²) < 4.78 is 6.53. The average Bonchev–Trinajstić information content (AvgIpc) is 3.63. The van der Waals surface area contributed by atoms with Gasteiger partial charge in [-0.2, -0.15) is 0 Å². The van der Waals surface area contributed by atoms with Crippen LogP contribution >= 0.6 is 0 Å². The molecule has 0 amide bonds. The second kappa shape index (κ2) is 12.9. The SMILES string of the molecule is c1ccc(-c2ccc(-c3cc(-c4cc(-c5ccccc5)cc(-c5cccc6c5oc5ccccc56)c4)nc(-c4ccc5ccccc5c4)n3)cc2)cc1. The molecule has 0 bridgehead atoms. The van der Waals surface area contributed by atoms with E-state index in [1.165, 1.54) is 16.5 Å². The van der Waals surface area contributed by atoms with Gasteiger partial charge in [0, 0.05) is 33.0 Å². The van der Waals surface area contributed by atoms with Gasteiger partial charge in [-0.3, -0.25) is 0 Å². The third kappa shape index (κ3) is 5.75. The Kier molecular flexibility index (Phi) is 7.47. The summed E-state index contributed by atoms with van der Waals surface area (Å²) in [4.78, 5) is 10.5. The molecular formula is C50H32N2O. The Labute approximate surface area is 307 Å². The minimum atomic E-state index is 0.682. The van der Waals surface area contributed by atoms with Crippen LogP contribution < -0.4 is 0 Å². The molecule has 0 spiro atoms. The smallest absolute Gasteiger partial charge is 0.160 e. The number of furan rings is 1. The number of fused-ring (bicyclic) bond motifs is 4. The van der Waals surface area contributed by atoms with Crippen LogP contribution in [0.1, 0.15) is 0 Å². The summed E-state index contributed by atoms with van der Waals surface area (Å²) in [5, 5.41) is 4.55. The lowest BCUT2D eigenvalue weighted by atomic mass is 9.93. The number of hydrogen-bond donors (Lipinski definition) is 0. The second-order valence-electron chi connectivity index (χ2n) is 13.4. The van der Waals surface area contributed by atoms with Gasteiger partial charge in [0.25, 0.3) is 0 Å². The fourth-order valence-corrected chi connectivity index (χ4v) is 7.37. The highest BCUT2D eigenvalue weighted by Gasteiger charge is 2.17. The number of para-hydroxylation sites is 2. The van der Waals surface area contributed by atoms with E-state index in [-0.39, 0.29) is 0 Å². The molecule has 0 saturated heterocycles. The van der Waals surface area contributed by atoms with Crippen LogP contribution in [-0.2, 0) is 0 Å². The van der Waals surface area contributed by atoms with Crippen LogP contribution in [0.5, 0.6) is 0 Å². The zero-order chi connectivity index (χ0) is 35.1. The molecule has 0 aliphatic carbocycles. The van der Waals surface area contributed by atoms with Crippen LogP contribution in [-0.4, -0.2) is 9.97 Å². The molecule has 3 nitrogen and oxygen atoms in total. The Hall–Kier alpha value is -7.10. The number of benzene rings is 8. The summed E-state index contributed by atoms with van der Waals surface area (Å²) in [6.07, 6.45) is 0. The highest BCUT2D eigenvalue weighted by molar-refractivity contribution is 6.09. The Morgan fingerprint density at radius 1 is 0.321 bits per heavy atom. The molecule has 0 saturated carbocycles. The molecule has 10 rings (SSSR count). The fraction of sp³-hybridized carbons (Fsp3) is 0. The van der Waals surface area contributed by atoms with E-state index in [0.717, 1.165) is 77.7 Å². The summed E-state index contributed by atoms with van der Waals surface area (Å²) in [6.45, 7) is 0. The van der Waals surface area contributed by atoms with E-state index in [2.05, 4.69) is 176 Å². The van der Waals surface area contributed by atoms with Crippen molar-refractivity contribution in [2.45, 2.75) is 0 Å². The van der Waals surface area contributed by atoms with E-state index in [1.54, 1.807) is 0 Å². The Bertz CT molecular complexity index is 2930. The molecule has 0 atom stereocenters. The quantitative estimate of drug-likeness (QED) is 0.176. The first-order chi connectivity index (χ1) is 26.2. The topological polar surface area (TPSA) is 38.9 Å². The predicted octanol–water partition coefficient (Wildman–Crippen LogP) is 13.5. The summed E-state index contributed by atoms with van der Waals surface area (Å²) >= 11 is 0. The lowest BCUT2D eigenvalue weighted by Crippen LogP contribution is -1.97. The molecule has 0 radical (unpaired) electrons. The maximum atomic E-state index is 6.53. The summed E-state index contributed by atoms with van der Waals surface area (Å²) in [7, 11) is 0. The van der Waals surface area contributed by atoms with Crippen molar-refractivity contribution in [1.29, 1.82) is 0 Å². The van der Waals surface area contributed by atoms with E-state index < -0.39 is 0 Å². The van der Waals surface area contributed by atoms with E-state index >= 15 is 0 Å². The van der Waals surface area contributed by atoms with Gasteiger partial charge in [0.1, 0.15) is 11.2 Å². The van der Waals surface area contributed by atoms with Gasteiger partial charge in [-0.1, -0.05) is 158 Å². The van der Waals surface area contributed by atoms with Crippen LogP contribution in [0.4, 0.5) is 0 Å². The van der Waals surface area contributed by atoms with Crippen LogP contribution in [0.2, 0.25) is 0 Å². The van der Waals surface area contributed by atoms with E-state index in [9.17, 15) is 0 Å². The predicted molar refractivity (Wildman–Crippen MR) is 219 cm³/mol. The minimum Gasteiger partial charge on any atom is -0.455 e. The lowest BCUT2D eigenvalue weighted by molar-refractivity contribution is 0.670. The van der Waals surface area contributed by atoms with Gasteiger partial charge in [-0.15, -0.1) is 0 Å². The molecule has 0 fully saturated rings. The van der Waals surface area contributed by atoms with Gasteiger partial charge >= 0.3 is 0 Å². The molecular weight excluding hydrogens is 645 g/mol. The van der Waals surface area contributed by atoms with Crippen molar-refractivity contribution in [1.82, 2.24) is 9.97 Å². The highest BCUT2D eigenvalue weighted by atomic mass is 16.3. The Morgan fingerprint density at radius 2 is 0.887 bits per heavy atom. The maximum absolute atomic E-state index is 6.53. The first kappa shape index (κ1) is 30.7. The molecule has 0 N–H and O–H groups in total. The van der Waals surface area contributed by atoms with E-state index in [0.29, 0.717) is 5.82 Å². The van der Waals surface area contributed by atoms with Crippen molar-refractivity contribution in [3.8, 4) is 67.3 Å². The molecule has 3 heteroatoms. The number of aromatic nitrogens is 2. The molecule has 2 aromatic heterocycles. The Balaban J connectivity index is 1.18. The van der Waals surface area contributed by atoms with Crippen LogP contribution in [0.15, 0.2) is 199 Å². The third-order valence-corrected chi connectivity index (χ3v) is 10.1. The zero-order valence-electron chi connectivity index (χ0n) is 28.8. The van der Waals surface area contributed by atoms with Crippen LogP contribution in [0.3, 0.4) is 0 Å². The normalized spacial score (nSPS) is 11.4. The van der Waals surface area contributed by atoms with Crippen molar-refractivity contribution < 1.29 is 4.42 Å². The molecule has 248 valence electrons. The first-order valence-electron chi connectivity index (χ1n) is 17.9. The standard InChI is InChI=1S/C50H32N2O/c1-3-12-33(13-4-1)36-22-25-37(26-23-36)46-32-47(52-50(51-46)39-27-24-35-16-7-8-17-38(35)28-39)42-30-40(34-14-5-2-6-15-34)29-41(31-42)43-19-11-20-45-44-18-9-10-21-48(44)53-49(43)45/h1-32H. The molecule has 53 heavy (non-hydrogen) atoms. The van der Waals surface area contributed by atoms with Crippen molar-refractivity contribution in [2.24, 2.45) is 0 Å². The second-order valence-corrected chi connectivity index (χ2v) is 13.4. The van der Waals surface area contributed by atoms with E-state index in [1.807, 2.05) is 18.2 Å². The highest BCUT2D eigenvalue weighted by Crippen LogP contribution is 2.40. The molecule has 8 aromatic carbocycles. The van der Waals surface area contributed by atoms with E-state index in [4.69, 9.17) is 14.4 Å². The summed E-state index contributed by atoms with van der Waals surface area (Å²) in [6, 6.07) is 68.1. The van der Waals surface area contributed by atoms with Crippen molar-refractivity contribution in [2.75, 3.05) is 0 Å². The fourth-order valence-electron chi connectivity index (χ4n) is 7.37.